The highest BCUT2D eigenvalue weighted by molar-refractivity contribution is 7.89. The Morgan fingerprint density at radius 1 is 1.17 bits per heavy atom. The number of carbonyl (C=O) groups excluding carboxylic acids is 1. The predicted molar refractivity (Wildman–Crippen MR) is 95.0 cm³/mol. The number of amides is 1. The molecule has 2 heterocycles. The molecule has 0 spiro atoms. The fraction of sp³-hybridized carbons (Fsp3) is 0.938. The van der Waals surface area contributed by atoms with Crippen LogP contribution in [-0.2, 0) is 14.8 Å². The van der Waals surface area contributed by atoms with Crippen LogP contribution in [0.4, 0.5) is 0 Å². The first-order valence-electron chi connectivity index (χ1n) is 9.12. The van der Waals surface area contributed by atoms with E-state index in [1.807, 2.05) is 4.90 Å². The molecule has 0 aromatic heterocycles. The van der Waals surface area contributed by atoms with E-state index in [0.717, 1.165) is 38.3 Å². The molecule has 2 aliphatic heterocycles. The average Bonchev–Trinajstić information content (AvgIpc) is 2.59. The average molecular weight is 361 g/mol. The second-order valence-electron chi connectivity index (χ2n) is 7.02. The number of hydrogen-bond donors (Lipinski definition) is 2. The van der Waals surface area contributed by atoms with E-state index in [1.165, 1.54) is 12.8 Å². The number of nitrogens with one attached hydrogen (secondary N) is 1. The molecule has 3 N–H and O–H groups in total. The molecule has 2 fully saturated rings. The van der Waals surface area contributed by atoms with Gasteiger partial charge in [0.25, 0.3) is 0 Å². The van der Waals surface area contributed by atoms with Crippen molar-refractivity contribution in [3.63, 3.8) is 0 Å². The summed E-state index contributed by atoms with van der Waals surface area (Å²) in [6, 6.07) is -0.333. The molecule has 0 aliphatic carbocycles. The molecule has 2 aliphatic rings. The summed E-state index contributed by atoms with van der Waals surface area (Å²) >= 11 is 0. The molecule has 8 heteroatoms. The van der Waals surface area contributed by atoms with Gasteiger partial charge in [-0.3, -0.25) is 9.69 Å². The molecule has 1 unspecified atom stereocenters. The molecule has 0 radical (unpaired) electrons. The number of primary amides is 1. The Labute approximate surface area is 146 Å². The third kappa shape index (κ3) is 5.68. The van der Waals surface area contributed by atoms with Crippen LogP contribution in [0.15, 0.2) is 0 Å². The molecule has 0 bridgehead atoms. The van der Waals surface area contributed by atoms with Crippen molar-refractivity contribution in [1.29, 1.82) is 0 Å². The van der Waals surface area contributed by atoms with Crippen molar-refractivity contribution in [2.24, 2.45) is 11.7 Å². The summed E-state index contributed by atoms with van der Waals surface area (Å²) < 4.78 is 26.5. The zero-order valence-corrected chi connectivity index (χ0v) is 15.6. The number of piperazine rings is 1. The maximum absolute atomic E-state index is 12.5. The minimum atomic E-state index is -3.18. The Morgan fingerprint density at radius 2 is 1.79 bits per heavy atom. The number of sulfonamides is 1. The quantitative estimate of drug-likeness (QED) is 0.593. The van der Waals surface area contributed by atoms with Crippen LogP contribution < -0.4 is 11.1 Å². The molecule has 2 rings (SSSR count). The van der Waals surface area contributed by atoms with Gasteiger partial charge in [0, 0.05) is 26.2 Å². The highest BCUT2D eigenvalue weighted by Gasteiger charge is 2.29. The van der Waals surface area contributed by atoms with Crippen molar-refractivity contribution in [2.75, 3.05) is 45.0 Å². The number of hydrogen-bond acceptors (Lipinski definition) is 5. The van der Waals surface area contributed by atoms with Gasteiger partial charge in [-0.05, 0) is 45.2 Å². The Kier molecular flexibility index (Phi) is 7.46. The molecule has 1 amide bonds. The lowest BCUT2D eigenvalue weighted by molar-refractivity contribution is -0.123. The van der Waals surface area contributed by atoms with Gasteiger partial charge in [-0.15, -0.1) is 0 Å². The molecule has 1 atom stereocenters. The van der Waals surface area contributed by atoms with Crippen LogP contribution in [0, 0.1) is 5.92 Å². The van der Waals surface area contributed by atoms with E-state index >= 15 is 0 Å². The maximum Gasteiger partial charge on any atom is 0.234 e. The van der Waals surface area contributed by atoms with E-state index in [0.29, 0.717) is 26.2 Å². The Hall–Kier alpha value is -0.700. The van der Waals surface area contributed by atoms with E-state index in [1.54, 1.807) is 11.2 Å². The number of piperidine rings is 1. The standard InChI is InChI=1S/C16H32N4O3S/c1-14(16(17)21)19-9-11-20(12-10-19)24(22,23)13-3-2-4-15-5-7-18-8-6-15/h14-15,18H,2-13H2,1H3,(H2,17,21). The van der Waals surface area contributed by atoms with Crippen LogP contribution in [-0.4, -0.2) is 74.6 Å². The number of unbranched alkanes of at least 4 members (excludes halogenated alkanes) is 1. The van der Waals surface area contributed by atoms with Gasteiger partial charge in [-0.1, -0.05) is 12.8 Å². The molecule has 0 aromatic rings. The summed E-state index contributed by atoms with van der Waals surface area (Å²) in [4.78, 5) is 13.2. The molecular formula is C16H32N4O3S. The van der Waals surface area contributed by atoms with Gasteiger partial charge in [0.15, 0.2) is 0 Å². The maximum atomic E-state index is 12.5. The molecule has 24 heavy (non-hydrogen) atoms. The van der Waals surface area contributed by atoms with Crippen molar-refractivity contribution in [3.8, 4) is 0 Å². The zero-order chi connectivity index (χ0) is 17.6. The summed E-state index contributed by atoms with van der Waals surface area (Å²) in [5.74, 6) is 0.639. The lowest BCUT2D eigenvalue weighted by Crippen LogP contribution is -2.54. The van der Waals surface area contributed by atoms with Crippen LogP contribution in [0.1, 0.15) is 39.0 Å². The minimum absolute atomic E-state index is 0.239. The fourth-order valence-corrected chi connectivity index (χ4v) is 5.11. The second kappa shape index (κ2) is 9.12. The van der Waals surface area contributed by atoms with Gasteiger partial charge in [0.2, 0.25) is 15.9 Å². The van der Waals surface area contributed by atoms with Crippen molar-refractivity contribution in [2.45, 2.75) is 45.1 Å². The SMILES string of the molecule is CC(C(N)=O)N1CCN(S(=O)(=O)CCCCC2CCNCC2)CC1. The molecule has 7 nitrogen and oxygen atoms in total. The van der Waals surface area contributed by atoms with Crippen LogP contribution in [0.2, 0.25) is 0 Å². The molecule has 2 saturated heterocycles. The Morgan fingerprint density at radius 3 is 2.38 bits per heavy atom. The van der Waals surface area contributed by atoms with Gasteiger partial charge in [-0.2, -0.15) is 4.31 Å². The van der Waals surface area contributed by atoms with Crippen LogP contribution in [0.3, 0.4) is 0 Å². The first-order valence-corrected chi connectivity index (χ1v) is 10.7. The van der Waals surface area contributed by atoms with Crippen molar-refractivity contribution < 1.29 is 13.2 Å². The van der Waals surface area contributed by atoms with Gasteiger partial charge in [-0.25, -0.2) is 8.42 Å². The van der Waals surface area contributed by atoms with Gasteiger partial charge in [0.05, 0.1) is 11.8 Å². The molecular weight excluding hydrogens is 328 g/mol. The van der Waals surface area contributed by atoms with E-state index in [4.69, 9.17) is 5.73 Å². The van der Waals surface area contributed by atoms with Crippen molar-refractivity contribution in [1.82, 2.24) is 14.5 Å². The zero-order valence-electron chi connectivity index (χ0n) is 14.7. The third-order valence-corrected chi connectivity index (χ3v) is 7.31. The summed E-state index contributed by atoms with van der Waals surface area (Å²) in [6.07, 6.45) is 5.30. The number of carbonyl (C=O) groups is 1. The van der Waals surface area contributed by atoms with E-state index in [-0.39, 0.29) is 17.7 Å². The van der Waals surface area contributed by atoms with Crippen molar-refractivity contribution in [3.05, 3.63) is 0 Å². The summed E-state index contributed by atoms with van der Waals surface area (Å²) in [6.45, 7) is 6.00. The van der Waals surface area contributed by atoms with E-state index < -0.39 is 10.0 Å². The summed E-state index contributed by atoms with van der Waals surface area (Å²) in [5, 5.41) is 3.36. The number of rotatable bonds is 8. The van der Waals surface area contributed by atoms with E-state index in [9.17, 15) is 13.2 Å². The fourth-order valence-electron chi connectivity index (χ4n) is 3.57. The topological polar surface area (TPSA) is 95.7 Å². The Bertz CT molecular complexity index is 497. The largest absolute Gasteiger partial charge is 0.368 e. The predicted octanol–water partition coefficient (Wildman–Crippen LogP) is -0.0225. The van der Waals surface area contributed by atoms with Gasteiger partial charge in [0.1, 0.15) is 0 Å². The van der Waals surface area contributed by atoms with Crippen LogP contribution in [0.5, 0.6) is 0 Å². The lowest BCUT2D eigenvalue weighted by atomic mass is 9.93. The van der Waals surface area contributed by atoms with Crippen LogP contribution in [0.25, 0.3) is 0 Å². The number of nitrogens with zero attached hydrogens (tertiary/aromatic N) is 2. The highest BCUT2D eigenvalue weighted by atomic mass is 32.2. The normalized spacial score (nSPS) is 23.2. The van der Waals surface area contributed by atoms with Gasteiger partial charge >= 0.3 is 0 Å². The van der Waals surface area contributed by atoms with Crippen molar-refractivity contribution >= 4 is 15.9 Å². The highest BCUT2D eigenvalue weighted by Crippen LogP contribution is 2.19. The summed E-state index contributed by atoms with van der Waals surface area (Å²) in [5.41, 5.74) is 5.31. The molecule has 0 saturated carbocycles. The van der Waals surface area contributed by atoms with Crippen LogP contribution >= 0.6 is 0 Å². The first kappa shape index (κ1) is 19.6. The third-order valence-electron chi connectivity index (χ3n) is 5.35. The first-order chi connectivity index (χ1) is 11.4. The lowest BCUT2D eigenvalue weighted by Gasteiger charge is -2.36. The molecule has 140 valence electrons. The number of nitrogens with two attached hydrogens (primary N) is 1. The van der Waals surface area contributed by atoms with Gasteiger partial charge < -0.3 is 11.1 Å². The molecule has 0 aromatic carbocycles. The second-order valence-corrected chi connectivity index (χ2v) is 9.11. The Balaban J connectivity index is 1.68. The summed E-state index contributed by atoms with van der Waals surface area (Å²) in [7, 11) is -3.18. The van der Waals surface area contributed by atoms with E-state index in [2.05, 4.69) is 5.32 Å². The monoisotopic (exact) mass is 360 g/mol. The smallest absolute Gasteiger partial charge is 0.234 e. The minimum Gasteiger partial charge on any atom is -0.368 e.